The van der Waals surface area contributed by atoms with Gasteiger partial charge >= 0.3 is 0 Å². The van der Waals surface area contributed by atoms with E-state index in [9.17, 15) is 4.79 Å². The maximum atomic E-state index is 11.6. The third-order valence-corrected chi connectivity index (χ3v) is 3.56. The first-order chi connectivity index (χ1) is 5.86. The number of carbonyl (C=O) groups excluding carboxylic acids is 1. The average Bonchev–Trinajstić information content (AvgIpc) is 2.90. The van der Waals surface area contributed by atoms with Crippen LogP contribution in [0.3, 0.4) is 0 Å². The zero-order valence-electron chi connectivity index (χ0n) is 7.21. The number of Topliss-reactive ketones (excluding diaryl/α,β-unsaturated/α-hetero) is 1. The van der Waals surface area contributed by atoms with E-state index in [1.807, 2.05) is 11.8 Å². The predicted octanol–water partition coefficient (Wildman–Crippen LogP) is 1.06. The van der Waals surface area contributed by atoms with E-state index in [4.69, 9.17) is 0 Å². The van der Waals surface area contributed by atoms with Gasteiger partial charge in [0, 0.05) is 24.5 Å². The topological polar surface area (TPSA) is 29.1 Å². The lowest BCUT2D eigenvalue weighted by molar-refractivity contribution is -0.120. The summed E-state index contributed by atoms with van der Waals surface area (Å²) in [4.78, 5) is 11.6. The second-order valence-electron chi connectivity index (χ2n) is 3.70. The minimum atomic E-state index is 0.171. The predicted molar refractivity (Wildman–Crippen MR) is 51.5 cm³/mol. The van der Waals surface area contributed by atoms with Crippen molar-refractivity contribution in [1.82, 2.24) is 5.32 Å². The quantitative estimate of drug-likeness (QED) is 0.713. The molecule has 2 nitrogen and oxygen atoms in total. The van der Waals surface area contributed by atoms with Crippen LogP contribution < -0.4 is 5.32 Å². The Morgan fingerprint density at radius 1 is 1.50 bits per heavy atom. The number of thioether (sulfide) groups is 1. The van der Waals surface area contributed by atoms with Crippen LogP contribution in [0, 0.1) is 5.92 Å². The lowest BCUT2D eigenvalue weighted by atomic mass is 10.1. The third-order valence-electron chi connectivity index (χ3n) is 2.50. The number of carbonyl (C=O) groups is 1. The summed E-state index contributed by atoms with van der Waals surface area (Å²) >= 11 is 1.90. The molecule has 1 aliphatic carbocycles. The normalized spacial score (nSPS) is 30.2. The number of ketones is 1. The van der Waals surface area contributed by atoms with Crippen LogP contribution >= 0.6 is 11.8 Å². The molecule has 2 fully saturated rings. The molecule has 1 N–H and O–H groups in total. The van der Waals surface area contributed by atoms with E-state index in [0.29, 0.717) is 5.78 Å². The first-order valence-corrected chi connectivity index (χ1v) is 5.85. The third kappa shape index (κ3) is 2.23. The van der Waals surface area contributed by atoms with Gasteiger partial charge < -0.3 is 5.32 Å². The molecule has 68 valence electrons. The van der Waals surface area contributed by atoms with Gasteiger partial charge in [0.05, 0.1) is 6.04 Å². The Kier molecular flexibility index (Phi) is 2.71. The highest BCUT2D eigenvalue weighted by molar-refractivity contribution is 7.99. The van der Waals surface area contributed by atoms with Gasteiger partial charge in [0.1, 0.15) is 0 Å². The van der Waals surface area contributed by atoms with Gasteiger partial charge in [0.25, 0.3) is 0 Å². The monoisotopic (exact) mass is 185 g/mol. The SMILES string of the molecule is O=C(CC1CC1)C1CSCCN1. The van der Waals surface area contributed by atoms with Crippen molar-refractivity contribution in [2.24, 2.45) is 5.92 Å². The van der Waals surface area contributed by atoms with Crippen molar-refractivity contribution in [3.05, 3.63) is 0 Å². The maximum Gasteiger partial charge on any atom is 0.150 e. The highest BCUT2D eigenvalue weighted by Crippen LogP contribution is 2.33. The second kappa shape index (κ2) is 3.79. The summed E-state index contributed by atoms with van der Waals surface area (Å²) in [5, 5.41) is 3.28. The average molecular weight is 185 g/mol. The number of nitrogens with one attached hydrogen (secondary N) is 1. The summed E-state index contributed by atoms with van der Waals surface area (Å²) in [6, 6.07) is 0.171. The summed E-state index contributed by atoms with van der Waals surface area (Å²) in [6.07, 6.45) is 3.40. The van der Waals surface area contributed by atoms with Crippen molar-refractivity contribution in [1.29, 1.82) is 0 Å². The van der Waals surface area contributed by atoms with Crippen LogP contribution in [-0.4, -0.2) is 29.9 Å². The highest BCUT2D eigenvalue weighted by atomic mass is 32.2. The lowest BCUT2D eigenvalue weighted by Gasteiger charge is -2.21. The largest absolute Gasteiger partial charge is 0.306 e. The zero-order chi connectivity index (χ0) is 8.39. The van der Waals surface area contributed by atoms with Crippen LogP contribution in [0.2, 0.25) is 0 Å². The van der Waals surface area contributed by atoms with Gasteiger partial charge in [-0.3, -0.25) is 4.79 Å². The van der Waals surface area contributed by atoms with Crippen LogP contribution in [0.1, 0.15) is 19.3 Å². The Balaban J connectivity index is 1.76. The molecule has 1 saturated carbocycles. The molecule has 0 radical (unpaired) electrons. The van der Waals surface area contributed by atoms with Crippen LogP contribution in [-0.2, 0) is 4.79 Å². The van der Waals surface area contributed by atoms with Crippen molar-refractivity contribution in [2.75, 3.05) is 18.1 Å². The molecule has 0 aromatic carbocycles. The van der Waals surface area contributed by atoms with E-state index in [2.05, 4.69) is 5.32 Å². The molecule has 2 aliphatic rings. The van der Waals surface area contributed by atoms with Gasteiger partial charge in [-0.1, -0.05) is 0 Å². The summed E-state index contributed by atoms with van der Waals surface area (Å²) < 4.78 is 0. The smallest absolute Gasteiger partial charge is 0.150 e. The molecule has 1 saturated heterocycles. The van der Waals surface area contributed by atoms with Crippen molar-refractivity contribution >= 4 is 17.5 Å². The minimum absolute atomic E-state index is 0.171. The van der Waals surface area contributed by atoms with E-state index >= 15 is 0 Å². The van der Waals surface area contributed by atoms with Gasteiger partial charge in [-0.25, -0.2) is 0 Å². The molecular formula is C9H15NOS. The Hall–Kier alpha value is -0.0200. The summed E-state index contributed by atoms with van der Waals surface area (Å²) in [5.41, 5.74) is 0. The zero-order valence-corrected chi connectivity index (χ0v) is 8.03. The highest BCUT2D eigenvalue weighted by Gasteiger charge is 2.28. The van der Waals surface area contributed by atoms with Crippen molar-refractivity contribution in [3.8, 4) is 0 Å². The fourth-order valence-corrected chi connectivity index (χ4v) is 2.49. The molecule has 0 amide bonds. The molecule has 1 unspecified atom stereocenters. The van der Waals surface area contributed by atoms with Gasteiger partial charge in [-0.15, -0.1) is 0 Å². The number of hydrogen-bond donors (Lipinski definition) is 1. The molecule has 2 rings (SSSR count). The number of rotatable bonds is 3. The fourth-order valence-electron chi connectivity index (χ4n) is 1.52. The molecule has 0 aromatic heterocycles. The van der Waals surface area contributed by atoms with Gasteiger partial charge in [-0.05, 0) is 18.8 Å². The Bertz CT molecular complexity index is 173. The molecule has 1 aliphatic heterocycles. The van der Waals surface area contributed by atoms with Gasteiger partial charge in [0.2, 0.25) is 0 Å². The molecule has 1 heterocycles. The first kappa shape index (κ1) is 8.57. The standard InChI is InChI=1S/C9H15NOS/c11-9(5-7-1-2-7)8-6-12-4-3-10-8/h7-8,10H,1-6H2. The molecule has 3 heteroatoms. The van der Waals surface area contributed by atoms with Crippen molar-refractivity contribution < 1.29 is 4.79 Å². The first-order valence-electron chi connectivity index (χ1n) is 4.70. The van der Waals surface area contributed by atoms with Crippen LogP contribution in [0.4, 0.5) is 0 Å². The molecule has 1 atom stereocenters. The van der Waals surface area contributed by atoms with Crippen molar-refractivity contribution in [3.63, 3.8) is 0 Å². The summed E-state index contributed by atoms with van der Waals surface area (Å²) in [5.74, 6) is 3.34. The van der Waals surface area contributed by atoms with Gasteiger partial charge in [-0.2, -0.15) is 11.8 Å². The van der Waals surface area contributed by atoms with Crippen LogP contribution in [0.15, 0.2) is 0 Å². The van der Waals surface area contributed by atoms with E-state index in [1.54, 1.807) is 0 Å². The van der Waals surface area contributed by atoms with Crippen LogP contribution in [0.25, 0.3) is 0 Å². The molecule has 12 heavy (non-hydrogen) atoms. The minimum Gasteiger partial charge on any atom is -0.306 e. The Labute approximate surface area is 77.5 Å². The molecule has 0 bridgehead atoms. The molecule has 0 spiro atoms. The summed E-state index contributed by atoms with van der Waals surface area (Å²) in [7, 11) is 0. The summed E-state index contributed by atoms with van der Waals surface area (Å²) in [6.45, 7) is 1.01. The lowest BCUT2D eigenvalue weighted by Crippen LogP contribution is -2.43. The van der Waals surface area contributed by atoms with E-state index in [0.717, 1.165) is 30.4 Å². The van der Waals surface area contributed by atoms with Crippen LogP contribution in [0.5, 0.6) is 0 Å². The van der Waals surface area contributed by atoms with Crippen molar-refractivity contribution in [2.45, 2.75) is 25.3 Å². The molecule has 0 aromatic rings. The van der Waals surface area contributed by atoms with E-state index in [1.165, 1.54) is 12.8 Å². The van der Waals surface area contributed by atoms with Gasteiger partial charge in [0.15, 0.2) is 5.78 Å². The van der Waals surface area contributed by atoms with E-state index in [-0.39, 0.29) is 6.04 Å². The Morgan fingerprint density at radius 3 is 2.92 bits per heavy atom. The fraction of sp³-hybridized carbons (Fsp3) is 0.889. The number of hydrogen-bond acceptors (Lipinski definition) is 3. The second-order valence-corrected chi connectivity index (χ2v) is 4.85. The van der Waals surface area contributed by atoms with E-state index < -0.39 is 0 Å². The molecular weight excluding hydrogens is 170 g/mol. The Morgan fingerprint density at radius 2 is 2.33 bits per heavy atom. The maximum absolute atomic E-state index is 11.6.